The van der Waals surface area contributed by atoms with Crippen LogP contribution in [-0.2, 0) is 14.8 Å². The van der Waals surface area contributed by atoms with Gasteiger partial charge in [0.1, 0.15) is 4.90 Å². The van der Waals surface area contributed by atoms with Gasteiger partial charge in [0.2, 0.25) is 15.9 Å². The maximum absolute atomic E-state index is 12.7. The van der Waals surface area contributed by atoms with Crippen molar-refractivity contribution in [3.05, 3.63) is 59.4 Å². The van der Waals surface area contributed by atoms with E-state index in [2.05, 4.69) is 10.3 Å². The second-order valence-corrected chi connectivity index (χ2v) is 8.15. The number of anilines is 1. The summed E-state index contributed by atoms with van der Waals surface area (Å²) < 4.78 is 26.8. The van der Waals surface area contributed by atoms with Crippen molar-refractivity contribution in [2.24, 2.45) is 0 Å². The summed E-state index contributed by atoms with van der Waals surface area (Å²) in [6.07, 6.45) is 6.22. The Balaban J connectivity index is 1.77. The fourth-order valence-electron chi connectivity index (χ4n) is 2.67. The first-order valence-electron chi connectivity index (χ1n) is 8.16. The van der Waals surface area contributed by atoms with Gasteiger partial charge in [0.05, 0.1) is 10.7 Å². The molecule has 2 aromatic rings. The van der Waals surface area contributed by atoms with Crippen molar-refractivity contribution < 1.29 is 13.2 Å². The number of benzene rings is 1. The van der Waals surface area contributed by atoms with E-state index in [0.717, 1.165) is 12.8 Å². The Labute approximate surface area is 157 Å². The molecule has 0 atom stereocenters. The number of nitrogens with zero attached hydrogens (tertiary/aromatic N) is 2. The molecule has 0 aliphatic carbocycles. The second kappa shape index (κ2) is 7.99. The molecule has 0 saturated carbocycles. The molecule has 1 aliphatic rings. The van der Waals surface area contributed by atoms with Crippen LogP contribution in [0, 0.1) is 0 Å². The lowest BCUT2D eigenvalue weighted by atomic mass is 10.3. The minimum atomic E-state index is -3.66. The van der Waals surface area contributed by atoms with Gasteiger partial charge in [-0.25, -0.2) is 8.42 Å². The normalized spacial score (nSPS) is 15.4. The minimum Gasteiger partial charge on any atom is -0.322 e. The fourth-order valence-corrected chi connectivity index (χ4v) is 4.68. The molecule has 0 bridgehead atoms. The zero-order chi connectivity index (χ0) is 18.6. The molecule has 1 N–H and O–H groups in total. The molecule has 136 valence electrons. The van der Waals surface area contributed by atoms with Crippen LogP contribution in [0.2, 0.25) is 5.02 Å². The lowest BCUT2D eigenvalue weighted by Gasteiger charge is -2.17. The minimum absolute atomic E-state index is 0.00701. The van der Waals surface area contributed by atoms with Crippen LogP contribution >= 0.6 is 11.6 Å². The van der Waals surface area contributed by atoms with Crippen LogP contribution in [0.15, 0.2) is 53.6 Å². The SMILES string of the molecule is O=C(/C=C\c1ccccn1)Nc1ccc(Cl)c(S(=O)(=O)N2CCCC2)c1. The van der Waals surface area contributed by atoms with E-state index in [1.54, 1.807) is 30.5 Å². The molecule has 0 spiro atoms. The van der Waals surface area contributed by atoms with E-state index < -0.39 is 10.0 Å². The van der Waals surface area contributed by atoms with Gasteiger partial charge in [-0.15, -0.1) is 0 Å². The van der Waals surface area contributed by atoms with E-state index in [1.165, 1.54) is 22.5 Å². The predicted octanol–water partition coefficient (Wildman–Crippen LogP) is 3.17. The topological polar surface area (TPSA) is 79.4 Å². The van der Waals surface area contributed by atoms with E-state index in [-0.39, 0.29) is 15.8 Å². The molecule has 1 saturated heterocycles. The smallest absolute Gasteiger partial charge is 0.248 e. The highest BCUT2D eigenvalue weighted by Crippen LogP contribution is 2.29. The van der Waals surface area contributed by atoms with Gasteiger partial charge in [0, 0.05) is 31.0 Å². The van der Waals surface area contributed by atoms with Gasteiger partial charge < -0.3 is 5.32 Å². The highest BCUT2D eigenvalue weighted by molar-refractivity contribution is 7.89. The Kier molecular flexibility index (Phi) is 5.70. The summed E-state index contributed by atoms with van der Waals surface area (Å²) in [7, 11) is -3.66. The number of hydrogen-bond acceptors (Lipinski definition) is 4. The van der Waals surface area contributed by atoms with Gasteiger partial charge >= 0.3 is 0 Å². The number of rotatable bonds is 5. The standard InChI is InChI=1S/C18H18ClN3O3S/c19-16-8-6-15(13-17(16)26(24,25)22-11-3-4-12-22)21-18(23)9-7-14-5-1-2-10-20-14/h1-2,5-10,13H,3-4,11-12H2,(H,21,23)/b9-7-. The molecule has 3 rings (SSSR count). The fraction of sp³-hybridized carbons (Fsp3) is 0.222. The van der Waals surface area contributed by atoms with Crippen LogP contribution < -0.4 is 5.32 Å². The van der Waals surface area contributed by atoms with Gasteiger partial charge in [0.15, 0.2) is 0 Å². The van der Waals surface area contributed by atoms with Gasteiger partial charge in [0.25, 0.3) is 0 Å². The molecule has 1 fully saturated rings. The summed E-state index contributed by atoms with van der Waals surface area (Å²) in [6, 6.07) is 9.81. The van der Waals surface area contributed by atoms with E-state index >= 15 is 0 Å². The van der Waals surface area contributed by atoms with Crippen molar-refractivity contribution in [1.82, 2.24) is 9.29 Å². The quantitative estimate of drug-likeness (QED) is 0.794. The van der Waals surface area contributed by atoms with Crippen molar-refractivity contribution in [2.45, 2.75) is 17.7 Å². The van der Waals surface area contributed by atoms with Crippen molar-refractivity contribution in [3.63, 3.8) is 0 Å². The van der Waals surface area contributed by atoms with Gasteiger partial charge in [-0.05, 0) is 49.2 Å². The summed E-state index contributed by atoms with van der Waals surface area (Å²) in [5.74, 6) is -0.387. The Hall–Kier alpha value is -2.22. The van der Waals surface area contributed by atoms with Crippen LogP contribution in [0.3, 0.4) is 0 Å². The van der Waals surface area contributed by atoms with Crippen LogP contribution in [-0.4, -0.2) is 36.7 Å². The molecule has 8 heteroatoms. The Morgan fingerprint density at radius 2 is 1.96 bits per heavy atom. The Morgan fingerprint density at radius 1 is 1.19 bits per heavy atom. The number of sulfonamides is 1. The van der Waals surface area contributed by atoms with Crippen molar-refractivity contribution >= 4 is 39.3 Å². The summed E-state index contributed by atoms with van der Waals surface area (Å²) in [5, 5.41) is 2.79. The second-order valence-electron chi connectivity index (χ2n) is 5.83. The lowest BCUT2D eigenvalue weighted by Crippen LogP contribution is -2.28. The van der Waals surface area contributed by atoms with Crippen LogP contribution in [0.5, 0.6) is 0 Å². The van der Waals surface area contributed by atoms with Gasteiger partial charge in [-0.2, -0.15) is 4.31 Å². The zero-order valence-corrected chi connectivity index (χ0v) is 15.5. The molecular weight excluding hydrogens is 374 g/mol. The average molecular weight is 392 g/mol. The molecule has 6 nitrogen and oxygen atoms in total. The Morgan fingerprint density at radius 3 is 2.65 bits per heavy atom. The molecule has 0 unspecified atom stereocenters. The van der Waals surface area contributed by atoms with Gasteiger partial charge in [-0.1, -0.05) is 17.7 Å². The molecule has 26 heavy (non-hydrogen) atoms. The third kappa shape index (κ3) is 4.30. The highest BCUT2D eigenvalue weighted by Gasteiger charge is 2.29. The number of hydrogen-bond donors (Lipinski definition) is 1. The summed E-state index contributed by atoms with van der Waals surface area (Å²) in [5.41, 5.74) is 1.01. The molecular formula is C18H18ClN3O3S. The van der Waals surface area contributed by atoms with E-state index in [0.29, 0.717) is 24.5 Å². The molecule has 1 aromatic carbocycles. The molecule has 0 radical (unpaired) electrons. The molecule has 2 heterocycles. The first kappa shape index (κ1) is 18.6. The van der Waals surface area contributed by atoms with Crippen LogP contribution in [0.25, 0.3) is 6.08 Å². The van der Waals surface area contributed by atoms with E-state index in [4.69, 9.17) is 11.6 Å². The zero-order valence-electron chi connectivity index (χ0n) is 13.9. The first-order chi connectivity index (χ1) is 12.5. The number of amides is 1. The lowest BCUT2D eigenvalue weighted by molar-refractivity contribution is -0.111. The van der Waals surface area contributed by atoms with Crippen LogP contribution in [0.1, 0.15) is 18.5 Å². The summed E-state index contributed by atoms with van der Waals surface area (Å²) >= 11 is 6.10. The molecule has 1 aliphatic heterocycles. The highest BCUT2D eigenvalue weighted by atomic mass is 35.5. The van der Waals surface area contributed by atoms with E-state index in [1.807, 2.05) is 6.07 Å². The number of carbonyl (C=O) groups excluding carboxylic acids is 1. The Bertz CT molecular complexity index is 924. The van der Waals surface area contributed by atoms with Crippen LogP contribution in [0.4, 0.5) is 5.69 Å². The number of nitrogens with one attached hydrogen (secondary N) is 1. The third-order valence-electron chi connectivity index (χ3n) is 3.97. The predicted molar refractivity (Wildman–Crippen MR) is 101 cm³/mol. The van der Waals surface area contributed by atoms with E-state index in [9.17, 15) is 13.2 Å². The number of aromatic nitrogens is 1. The maximum atomic E-state index is 12.7. The van der Waals surface area contributed by atoms with Crippen molar-refractivity contribution in [3.8, 4) is 0 Å². The summed E-state index contributed by atoms with van der Waals surface area (Å²) in [4.78, 5) is 16.2. The van der Waals surface area contributed by atoms with Crippen molar-refractivity contribution in [1.29, 1.82) is 0 Å². The summed E-state index contributed by atoms with van der Waals surface area (Å²) in [6.45, 7) is 0.976. The van der Waals surface area contributed by atoms with Crippen molar-refractivity contribution in [2.75, 3.05) is 18.4 Å². The monoisotopic (exact) mass is 391 g/mol. The molecule has 1 aromatic heterocycles. The van der Waals surface area contributed by atoms with Gasteiger partial charge in [-0.3, -0.25) is 9.78 Å². The molecule has 1 amide bonds. The number of carbonyl (C=O) groups is 1. The number of pyridine rings is 1. The maximum Gasteiger partial charge on any atom is 0.248 e. The largest absolute Gasteiger partial charge is 0.322 e. The third-order valence-corrected chi connectivity index (χ3v) is 6.36. The number of halogens is 1. The first-order valence-corrected chi connectivity index (χ1v) is 9.98. The average Bonchev–Trinajstić information content (AvgIpc) is 3.18.